The van der Waals surface area contributed by atoms with Crippen LogP contribution >= 0.6 is 34.7 Å². The number of nitrogens with zero attached hydrogens (tertiary/aromatic N) is 4. The Morgan fingerprint density at radius 2 is 2.11 bits per heavy atom. The smallest absolute Gasteiger partial charge is 0.233 e. The molecule has 1 aliphatic carbocycles. The van der Waals surface area contributed by atoms with Crippen LogP contribution in [0.1, 0.15) is 25.3 Å². The number of carbonyl (C=O) groups is 2. The summed E-state index contributed by atoms with van der Waals surface area (Å²) in [5.74, 6) is -0.529. The summed E-state index contributed by atoms with van der Waals surface area (Å²) >= 11 is 8.55. The molecule has 2 amide bonds. The van der Waals surface area contributed by atoms with Crippen LogP contribution in [-0.4, -0.2) is 45.8 Å². The molecular weight excluding hydrogens is 411 g/mol. The van der Waals surface area contributed by atoms with Crippen LogP contribution < -0.4 is 4.90 Å². The number of carbonyl (C=O) groups excluding carboxylic acids is 2. The highest BCUT2D eigenvalue weighted by Gasteiger charge is 2.34. The number of halogens is 2. The second-order valence-corrected chi connectivity index (χ2v) is 8.80. The number of hydrogen-bond acceptors (Lipinski definition) is 6. The lowest BCUT2D eigenvalue weighted by atomic mass is 10.2. The van der Waals surface area contributed by atoms with E-state index in [4.69, 9.17) is 11.6 Å². The van der Waals surface area contributed by atoms with Crippen molar-refractivity contribution in [3.63, 3.8) is 0 Å². The Balaban J connectivity index is 1.57. The zero-order valence-electron chi connectivity index (χ0n) is 14.8. The molecule has 0 unspecified atom stereocenters. The normalized spacial score (nSPS) is 13.5. The summed E-state index contributed by atoms with van der Waals surface area (Å²) in [5.41, 5.74) is 0.291. The molecule has 0 aliphatic heterocycles. The van der Waals surface area contributed by atoms with Crippen molar-refractivity contribution in [2.45, 2.75) is 36.7 Å². The maximum atomic E-state index is 13.9. The first-order valence-corrected chi connectivity index (χ1v) is 10.5. The van der Waals surface area contributed by atoms with E-state index in [-0.39, 0.29) is 30.2 Å². The van der Waals surface area contributed by atoms with Gasteiger partial charge in [0.1, 0.15) is 5.82 Å². The largest absolute Gasteiger partial charge is 0.341 e. The van der Waals surface area contributed by atoms with Crippen LogP contribution in [0.3, 0.4) is 0 Å². The Kier molecular flexibility index (Phi) is 6.33. The second-order valence-electron chi connectivity index (χ2n) is 6.21. The maximum Gasteiger partial charge on any atom is 0.233 e. The van der Waals surface area contributed by atoms with Gasteiger partial charge in [-0.05, 0) is 25.0 Å². The van der Waals surface area contributed by atoms with Crippen LogP contribution in [0.25, 0.3) is 0 Å². The Morgan fingerprint density at radius 1 is 1.37 bits per heavy atom. The van der Waals surface area contributed by atoms with E-state index in [1.54, 1.807) is 18.0 Å². The topological polar surface area (TPSA) is 66.4 Å². The lowest BCUT2D eigenvalue weighted by Gasteiger charge is -2.18. The monoisotopic (exact) mass is 428 g/mol. The van der Waals surface area contributed by atoms with Gasteiger partial charge in [-0.1, -0.05) is 40.8 Å². The van der Waals surface area contributed by atoms with Gasteiger partial charge in [0.2, 0.25) is 16.9 Å². The van der Waals surface area contributed by atoms with Crippen molar-refractivity contribution in [2.24, 2.45) is 0 Å². The first-order valence-electron chi connectivity index (χ1n) is 8.29. The molecule has 1 fully saturated rings. The Hall–Kier alpha value is -1.71. The molecule has 2 aromatic rings. The fourth-order valence-electron chi connectivity index (χ4n) is 2.48. The summed E-state index contributed by atoms with van der Waals surface area (Å²) in [4.78, 5) is 27.2. The fourth-order valence-corrected chi connectivity index (χ4v) is 4.60. The van der Waals surface area contributed by atoms with Crippen molar-refractivity contribution < 1.29 is 14.0 Å². The zero-order valence-corrected chi connectivity index (χ0v) is 17.2. The van der Waals surface area contributed by atoms with E-state index in [1.807, 2.05) is 0 Å². The quantitative estimate of drug-likeness (QED) is 0.498. The third kappa shape index (κ3) is 4.97. The van der Waals surface area contributed by atoms with Crippen molar-refractivity contribution >= 4 is 51.6 Å². The predicted octanol–water partition coefficient (Wildman–Crippen LogP) is 3.60. The number of aromatic nitrogens is 2. The minimum absolute atomic E-state index is 0.0530. The van der Waals surface area contributed by atoms with Crippen molar-refractivity contribution in [3.8, 4) is 0 Å². The van der Waals surface area contributed by atoms with Crippen LogP contribution in [0.2, 0.25) is 5.02 Å². The van der Waals surface area contributed by atoms with Gasteiger partial charge in [-0.2, -0.15) is 0 Å². The fraction of sp³-hybridized carbons (Fsp3) is 0.412. The molecule has 1 saturated carbocycles. The number of amides is 2. The third-order valence-electron chi connectivity index (χ3n) is 4.05. The highest BCUT2D eigenvalue weighted by Crippen LogP contribution is 2.35. The van der Waals surface area contributed by atoms with E-state index >= 15 is 0 Å². The molecule has 0 saturated heterocycles. The predicted molar refractivity (Wildman–Crippen MR) is 105 cm³/mol. The summed E-state index contributed by atoms with van der Waals surface area (Å²) < 4.78 is 14.5. The molecule has 0 radical (unpaired) electrons. The van der Waals surface area contributed by atoms with Gasteiger partial charge in [-0.3, -0.25) is 14.5 Å². The van der Waals surface area contributed by atoms with Gasteiger partial charge in [-0.15, -0.1) is 10.2 Å². The standard InChI is InChI=1S/C17H18ClFN4O2S2/c1-10(24)23(11-6-7-11)16-20-21-17(27-16)26-9-15(25)22(2)8-12-13(18)4-3-5-14(12)19/h3-5,11H,6-9H2,1-2H3. The summed E-state index contributed by atoms with van der Waals surface area (Å²) in [6, 6.07) is 4.65. The molecular formula is C17H18ClFN4O2S2. The van der Waals surface area contributed by atoms with E-state index in [0.717, 1.165) is 12.8 Å². The summed E-state index contributed by atoms with van der Waals surface area (Å²) in [5, 5.41) is 8.99. The van der Waals surface area contributed by atoms with Crippen LogP contribution in [0, 0.1) is 5.82 Å². The first-order chi connectivity index (χ1) is 12.9. The molecule has 1 aromatic heterocycles. The number of anilines is 1. The van der Waals surface area contributed by atoms with Crippen molar-refractivity contribution in [1.29, 1.82) is 0 Å². The maximum absolute atomic E-state index is 13.9. The molecule has 144 valence electrons. The molecule has 10 heteroatoms. The van der Waals surface area contributed by atoms with Gasteiger partial charge in [-0.25, -0.2) is 4.39 Å². The summed E-state index contributed by atoms with van der Waals surface area (Å²) in [6.45, 7) is 1.60. The van der Waals surface area contributed by atoms with E-state index < -0.39 is 5.82 Å². The number of benzene rings is 1. The SMILES string of the molecule is CC(=O)N(c1nnc(SCC(=O)N(C)Cc2c(F)cccc2Cl)s1)C1CC1. The average molecular weight is 429 g/mol. The third-order valence-corrected chi connectivity index (χ3v) is 6.45. The van der Waals surface area contributed by atoms with Crippen LogP contribution in [-0.2, 0) is 16.1 Å². The van der Waals surface area contributed by atoms with Gasteiger partial charge >= 0.3 is 0 Å². The van der Waals surface area contributed by atoms with Gasteiger partial charge < -0.3 is 4.90 Å². The zero-order chi connectivity index (χ0) is 19.6. The van der Waals surface area contributed by atoms with E-state index in [0.29, 0.717) is 20.1 Å². The van der Waals surface area contributed by atoms with Gasteiger partial charge in [0, 0.05) is 37.1 Å². The number of rotatable bonds is 7. The van der Waals surface area contributed by atoms with Crippen molar-refractivity contribution in [2.75, 3.05) is 17.7 Å². The molecule has 0 bridgehead atoms. The average Bonchev–Trinajstić information content (AvgIpc) is 3.33. The van der Waals surface area contributed by atoms with E-state index in [9.17, 15) is 14.0 Å². The second kappa shape index (κ2) is 8.53. The van der Waals surface area contributed by atoms with Crippen molar-refractivity contribution in [1.82, 2.24) is 15.1 Å². The van der Waals surface area contributed by atoms with Gasteiger partial charge in [0.15, 0.2) is 4.34 Å². The summed E-state index contributed by atoms with van der Waals surface area (Å²) in [6.07, 6.45) is 1.95. The van der Waals surface area contributed by atoms with Gasteiger partial charge in [0.25, 0.3) is 0 Å². The highest BCUT2D eigenvalue weighted by molar-refractivity contribution is 8.01. The minimum Gasteiger partial charge on any atom is -0.341 e. The molecule has 27 heavy (non-hydrogen) atoms. The van der Waals surface area contributed by atoms with E-state index in [1.165, 1.54) is 47.1 Å². The first kappa shape index (κ1) is 20.0. The van der Waals surface area contributed by atoms with Gasteiger partial charge in [0.05, 0.1) is 5.75 Å². The minimum atomic E-state index is -0.437. The van der Waals surface area contributed by atoms with Crippen molar-refractivity contribution in [3.05, 3.63) is 34.6 Å². The Labute approximate surface area is 169 Å². The van der Waals surface area contributed by atoms with Crippen LogP contribution in [0.15, 0.2) is 22.5 Å². The lowest BCUT2D eigenvalue weighted by Crippen LogP contribution is -2.30. The molecule has 1 aliphatic rings. The van der Waals surface area contributed by atoms with Crippen LogP contribution in [0.5, 0.6) is 0 Å². The highest BCUT2D eigenvalue weighted by atomic mass is 35.5. The summed E-state index contributed by atoms with van der Waals surface area (Å²) in [7, 11) is 1.60. The molecule has 0 N–H and O–H groups in total. The van der Waals surface area contributed by atoms with E-state index in [2.05, 4.69) is 10.2 Å². The molecule has 1 aromatic carbocycles. The number of hydrogen-bond donors (Lipinski definition) is 0. The molecule has 1 heterocycles. The number of thioether (sulfide) groups is 1. The Bertz CT molecular complexity index is 839. The molecule has 0 atom stereocenters. The Morgan fingerprint density at radius 3 is 2.74 bits per heavy atom. The molecule has 3 rings (SSSR count). The molecule has 6 nitrogen and oxygen atoms in total. The lowest BCUT2D eigenvalue weighted by molar-refractivity contribution is -0.127. The van der Waals surface area contributed by atoms with Crippen LogP contribution in [0.4, 0.5) is 9.52 Å². The molecule has 0 spiro atoms.